The monoisotopic (exact) mass is 186 g/mol. The van der Waals surface area contributed by atoms with Gasteiger partial charge in [0.2, 0.25) is 5.91 Å². The summed E-state index contributed by atoms with van der Waals surface area (Å²) in [7, 11) is 0. The van der Waals surface area contributed by atoms with Crippen LogP contribution in [0.25, 0.3) is 0 Å². The molecule has 1 fully saturated rings. The van der Waals surface area contributed by atoms with E-state index in [1.807, 2.05) is 20.8 Å². The number of nitrogens with one attached hydrogen (secondary N) is 2. The minimum atomic E-state index is -0.549. The third-order valence-corrected chi connectivity index (χ3v) is 1.49. The second-order valence-corrected chi connectivity index (χ2v) is 4.03. The van der Waals surface area contributed by atoms with Crippen LogP contribution in [-0.4, -0.2) is 30.2 Å². The van der Waals surface area contributed by atoms with Crippen LogP contribution in [0.15, 0.2) is 0 Å². The van der Waals surface area contributed by atoms with Gasteiger partial charge in [0.25, 0.3) is 0 Å². The predicted octanol–water partition coefficient (Wildman–Crippen LogP) is 0.00950. The fourth-order valence-electron chi connectivity index (χ4n) is 0.983. The van der Waals surface area contributed by atoms with Gasteiger partial charge < -0.3 is 15.4 Å². The number of hydrogen-bond acceptors (Lipinski definition) is 3. The molecule has 1 aliphatic heterocycles. The average Bonchev–Trinajstić information content (AvgIpc) is 2.31. The lowest BCUT2D eigenvalue weighted by atomic mass is 10.1. The van der Waals surface area contributed by atoms with Crippen LogP contribution in [0.3, 0.4) is 0 Å². The zero-order chi connectivity index (χ0) is 10.1. The molecule has 1 saturated heterocycles. The van der Waals surface area contributed by atoms with Gasteiger partial charge in [0.1, 0.15) is 12.6 Å². The van der Waals surface area contributed by atoms with Crippen LogP contribution >= 0.6 is 0 Å². The van der Waals surface area contributed by atoms with Crippen molar-refractivity contribution in [3.63, 3.8) is 0 Å². The molecule has 2 N–H and O–H groups in total. The number of alkyl carbamates (subject to hydrolysis) is 1. The van der Waals surface area contributed by atoms with Crippen molar-refractivity contribution < 1.29 is 14.3 Å². The molecule has 0 spiro atoms. The van der Waals surface area contributed by atoms with Gasteiger partial charge in [-0.25, -0.2) is 4.79 Å². The maximum absolute atomic E-state index is 11.4. The molecule has 0 aromatic heterocycles. The highest BCUT2D eigenvalue weighted by Gasteiger charge is 2.30. The Kier molecular flexibility index (Phi) is 2.45. The van der Waals surface area contributed by atoms with Crippen molar-refractivity contribution in [2.45, 2.75) is 32.4 Å². The molecule has 5 nitrogen and oxygen atoms in total. The van der Waals surface area contributed by atoms with Crippen molar-refractivity contribution in [3.8, 4) is 0 Å². The Morgan fingerprint density at radius 1 is 1.62 bits per heavy atom. The minimum absolute atomic E-state index is 0.112. The number of amides is 2. The predicted molar refractivity (Wildman–Crippen MR) is 46.2 cm³/mol. The summed E-state index contributed by atoms with van der Waals surface area (Å²) >= 11 is 0. The molecule has 1 atom stereocenters. The van der Waals surface area contributed by atoms with E-state index < -0.39 is 12.1 Å². The highest BCUT2D eigenvalue weighted by molar-refractivity contribution is 5.88. The fraction of sp³-hybridized carbons (Fsp3) is 0.750. The molecule has 0 aliphatic carbocycles. The summed E-state index contributed by atoms with van der Waals surface area (Å²) in [5.41, 5.74) is -0.287. The number of carbonyl (C=O) groups excluding carboxylic acids is 2. The fourth-order valence-corrected chi connectivity index (χ4v) is 0.983. The first-order valence-corrected chi connectivity index (χ1v) is 4.14. The highest BCUT2D eigenvalue weighted by Crippen LogP contribution is 2.02. The Labute approximate surface area is 76.8 Å². The van der Waals surface area contributed by atoms with E-state index in [-0.39, 0.29) is 18.1 Å². The third kappa shape index (κ3) is 2.93. The quantitative estimate of drug-likeness (QED) is 0.606. The number of hydrogen-bond donors (Lipinski definition) is 2. The molecule has 0 bridgehead atoms. The lowest BCUT2D eigenvalue weighted by molar-refractivity contribution is -0.124. The molecule has 0 saturated carbocycles. The molecule has 5 heteroatoms. The highest BCUT2D eigenvalue weighted by atomic mass is 16.6. The first-order valence-electron chi connectivity index (χ1n) is 4.14. The van der Waals surface area contributed by atoms with Crippen LogP contribution in [0.1, 0.15) is 20.8 Å². The third-order valence-electron chi connectivity index (χ3n) is 1.49. The van der Waals surface area contributed by atoms with Gasteiger partial charge in [0, 0.05) is 5.54 Å². The SMILES string of the molecule is CC(C)(C)NC(=O)C1COC(=O)N1. The minimum Gasteiger partial charge on any atom is -0.447 e. The van der Waals surface area contributed by atoms with Gasteiger partial charge in [-0.05, 0) is 20.8 Å². The van der Waals surface area contributed by atoms with Crippen molar-refractivity contribution in [3.05, 3.63) is 0 Å². The van der Waals surface area contributed by atoms with E-state index >= 15 is 0 Å². The van der Waals surface area contributed by atoms with Gasteiger partial charge in [-0.1, -0.05) is 0 Å². The first kappa shape index (κ1) is 9.83. The Bertz CT molecular complexity index is 232. The molecular weight excluding hydrogens is 172 g/mol. The molecule has 0 aromatic carbocycles. The van der Waals surface area contributed by atoms with Gasteiger partial charge >= 0.3 is 6.09 Å². The van der Waals surface area contributed by atoms with Gasteiger partial charge in [-0.2, -0.15) is 0 Å². The van der Waals surface area contributed by atoms with Gasteiger partial charge in [0.15, 0.2) is 0 Å². The van der Waals surface area contributed by atoms with E-state index in [9.17, 15) is 9.59 Å². The van der Waals surface area contributed by atoms with Crippen LogP contribution in [0.2, 0.25) is 0 Å². The molecule has 0 aromatic rings. The summed E-state index contributed by atoms with van der Waals surface area (Å²) in [6.07, 6.45) is -0.533. The standard InChI is InChI=1S/C8H14N2O3/c1-8(2,3)10-6(11)5-4-13-7(12)9-5/h5H,4H2,1-3H3,(H,9,12)(H,10,11). The summed E-state index contributed by atoms with van der Waals surface area (Å²) < 4.78 is 4.59. The molecule has 74 valence electrons. The molecule has 0 radical (unpaired) electrons. The zero-order valence-corrected chi connectivity index (χ0v) is 8.01. The van der Waals surface area contributed by atoms with E-state index in [2.05, 4.69) is 15.4 Å². The molecule has 1 heterocycles. The Morgan fingerprint density at radius 2 is 2.23 bits per heavy atom. The van der Waals surface area contributed by atoms with E-state index in [1.54, 1.807) is 0 Å². The van der Waals surface area contributed by atoms with Gasteiger partial charge in [0.05, 0.1) is 0 Å². The molecule has 2 amide bonds. The Hall–Kier alpha value is -1.26. The first-order chi connectivity index (χ1) is 5.88. The van der Waals surface area contributed by atoms with E-state index in [0.717, 1.165) is 0 Å². The van der Waals surface area contributed by atoms with Gasteiger partial charge in [-0.3, -0.25) is 4.79 Å². The second-order valence-electron chi connectivity index (χ2n) is 4.03. The van der Waals surface area contributed by atoms with Crippen molar-refractivity contribution in [1.82, 2.24) is 10.6 Å². The summed E-state index contributed by atoms with van der Waals surface area (Å²) in [5.74, 6) is -0.210. The summed E-state index contributed by atoms with van der Waals surface area (Å²) in [6, 6.07) is -0.549. The molecule has 1 unspecified atom stereocenters. The van der Waals surface area contributed by atoms with Crippen LogP contribution in [0, 0.1) is 0 Å². The van der Waals surface area contributed by atoms with Crippen LogP contribution in [-0.2, 0) is 9.53 Å². The number of cyclic esters (lactones) is 1. The van der Waals surface area contributed by atoms with Crippen molar-refractivity contribution in [2.75, 3.05) is 6.61 Å². The van der Waals surface area contributed by atoms with E-state index in [1.165, 1.54) is 0 Å². The Morgan fingerprint density at radius 3 is 2.62 bits per heavy atom. The topological polar surface area (TPSA) is 67.4 Å². The summed E-state index contributed by atoms with van der Waals surface area (Å²) in [4.78, 5) is 22.0. The lowest BCUT2D eigenvalue weighted by Gasteiger charge is -2.22. The lowest BCUT2D eigenvalue weighted by Crippen LogP contribution is -2.50. The molecule has 1 aliphatic rings. The van der Waals surface area contributed by atoms with Crippen LogP contribution in [0.5, 0.6) is 0 Å². The maximum Gasteiger partial charge on any atom is 0.407 e. The molecule has 13 heavy (non-hydrogen) atoms. The van der Waals surface area contributed by atoms with Crippen LogP contribution in [0.4, 0.5) is 4.79 Å². The summed E-state index contributed by atoms with van der Waals surface area (Å²) in [6.45, 7) is 5.74. The Balaban J connectivity index is 2.45. The maximum atomic E-state index is 11.4. The van der Waals surface area contributed by atoms with Crippen molar-refractivity contribution in [1.29, 1.82) is 0 Å². The summed E-state index contributed by atoms with van der Waals surface area (Å²) in [5, 5.41) is 5.15. The smallest absolute Gasteiger partial charge is 0.407 e. The zero-order valence-electron chi connectivity index (χ0n) is 8.01. The molecular formula is C8H14N2O3. The number of ether oxygens (including phenoxy) is 1. The second kappa shape index (κ2) is 3.24. The average molecular weight is 186 g/mol. The van der Waals surface area contributed by atoms with Crippen LogP contribution < -0.4 is 10.6 Å². The normalized spacial score (nSPS) is 22.1. The molecule has 1 rings (SSSR count). The van der Waals surface area contributed by atoms with Gasteiger partial charge in [-0.15, -0.1) is 0 Å². The largest absolute Gasteiger partial charge is 0.447 e. The van der Waals surface area contributed by atoms with Crippen molar-refractivity contribution >= 4 is 12.0 Å². The van der Waals surface area contributed by atoms with E-state index in [0.29, 0.717) is 0 Å². The van der Waals surface area contributed by atoms with Crippen molar-refractivity contribution in [2.24, 2.45) is 0 Å². The number of rotatable bonds is 1. The number of carbonyl (C=O) groups is 2. The van der Waals surface area contributed by atoms with E-state index in [4.69, 9.17) is 0 Å².